The van der Waals surface area contributed by atoms with Crippen molar-refractivity contribution in [2.24, 2.45) is 0 Å². The molecule has 3 rings (SSSR count). The first-order valence-electron chi connectivity index (χ1n) is 7.17. The van der Waals surface area contributed by atoms with E-state index in [-0.39, 0.29) is 5.92 Å². The molecule has 3 aromatic carbocycles. The maximum absolute atomic E-state index is 7.59. The van der Waals surface area contributed by atoms with E-state index in [2.05, 4.69) is 67.4 Å². The Labute approximate surface area is 120 Å². The zero-order valence-electron chi connectivity index (χ0n) is 11.7. The molecule has 0 spiro atoms. The Morgan fingerprint density at radius 2 is 1.65 bits per heavy atom. The van der Waals surface area contributed by atoms with Crippen LogP contribution in [0, 0.1) is 12.3 Å². The van der Waals surface area contributed by atoms with Gasteiger partial charge in [-0.3, -0.25) is 0 Å². The van der Waals surface area contributed by atoms with Gasteiger partial charge in [-0.15, -0.1) is 0 Å². The second kappa shape index (κ2) is 5.39. The summed E-state index contributed by atoms with van der Waals surface area (Å²) in [4.78, 5) is 0. The number of hydrogen-bond acceptors (Lipinski definition) is 0. The summed E-state index contributed by atoms with van der Waals surface area (Å²) in [5.41, 5.74) is 1.23. The molecule has 0 amide bonds. The zero-order chi connectivity index (χ0) is 13.9. The summed E-state index contributed by atoms with van der Waals surface area (Å²) in [7, 11) is 0. The molecule has 0 aliphatic carbocycles. The first kappa shape index (κ1) is 12.8. The van der Waals surface area contributed by atoms with Crippen molar-refractivity contribution in [3.8, 4) is 5.92 Å². The molecule has 97 valence electrons. The van der Waals surface area contributed by atoms with Crippen LogP contribution < -0.4 is 0 Å². The normalized spacial score (nSPS) is 12.4. The van der Waals surface area contributed by atoms with Gasteiger partial charge in [-0.25, -0.2) is 0 Å². The van der Waals surface area contributed by atoms with Crippen molar-refractivity contribution in [2.75, 3.05) is 0 Å². The molecule has 1 atom stereocenters. The van der Waals surface area contributed by atoms with Gasteiger partial charge in [0.15, 0.2) is 0 Å². The molecule has 0 bridgehead atoms. The van der Waals surface area contributed by atoms with E-state index < -0.39 is 0 Å². The second-order valence-electron chi connectivity index (χ2n) is 5.25. The van der Waals surface area contributed by atoms with Gasteiger partial charge in [0.1, 0.15) is 0 Å². The molecule has 0 nitrogen and oxygen atoms in total. The van der Waals surface area contributed by atoms with E-state index in [1.54, 1.807) is 0 Å². The Bertz CT molecular complexity index is 790. The lowest BCUT2D eigenvalue weighted by molar-refractivity contribution is 0.738. The highest BCUT2D eigenvalue weighted by Gasteiger charge is 2.11. The van der Waals surface area contributed by atoms with Crippen molar-refractivity contribution in [3.05, 3.63) is 66.6 Å². The number of fused-ring (bicyclic) bond motifs is 2. The van der Waals surface area contributed by atoms with Crippen molar-refractivity contribution in [2.45, 2.75) is 25.7 Å². The van der Waals surface area contributed by atoms with Crippen LogP contribution in [0.4, 0.5) is 0 Å². The Hall–Kier alpha value is -2.26. The fraction of sp³-hybridized carbons (Fsp3) is 0.200. The Morgan fingerprint density at radius 1 is 0.950 bits per heavy atom. The summed E-state index contributed by atoms with van der Waals surface area (Å²) < 4.78 is 0. The summed E-state index contributed by atoms with van der Waals surface area (Å²) in [6.45, 7) is 2.16. The van der Waals surface area contributed by atoms with Crippen LogP contribution in [-0.2, 0) is 0 Å². The van der Waals surface area contributed by atoms with Gasteiger partial charge in [0.25, 0.3) is 0 Å². The highest BCUT2D eigenvalue weighted by Crippen LogP contribution is 2.31. The summed E-state index contributed by atoms with van der Waals surface area (Å²) in [5, 5.41) is 5.03. The molecule has 0 saturated heterocycles. The van der Waals surface area contributed by atoms with Crippen molar-refractivity contribution in [3.63, 3.8) is 0 Å². The molecule has 0 aromatic heterocycles. The molecule has 20 heavy (non-hydrogen) atoms. The van der Waals surface area contributed by atoms with Crippen LogP contribution in [0.5, 0.6) is 0 Å². The first-order valence-corrected chi connectivity index (χ1v) is 7.17. The molecule has 0 heteroatoms. The number of hydrogen-bond donors (Lipinski definition) is 0. The van der Waals surface area contributed by atoms with Gasteiger partial charge in [0, 0.05) is 5.92 Å². The minimum atomic E-state index is 0.102. The van der Waals surface area contributed by atoms with Gasteiger partial charge in [-0.2, -0.15) is 0 Å². The Balaban J connectivity index is 2.27. The van der Waals surface area contributed by atoms with Gasteiger partial charge >= 0.3 is 0 Å². The third kappa shape index (κ3) is 2.17. The van der Waals surface area contributed by atoms with Gasteiger partial charge < -0.3 is 0 Å². The van der Waals surface area contributed by atoms with Crippen LogP contribution in [0.15, 0.2) is 54.6 Å². The van der Waals surface area contributed by atoms with E-state index >= 15 is 0 Å². The summed E-state index contributed by atoms with van der Waals surface area (Å²) in [6.07, 6.45) is 9.64. The lowest BCUT2D eigenvalue weighted by atomic mass is 9.90. The summed E-state index contributed by atoms with van der Waals surface area (Å²) in [6, 6.07) is 19.3. The lowest BCUT2D eigenvalue weighted by Gasteiger charge is -2.13. The standard InChI is InChI=1S/C20H17/c1-3-8-15(4-2)19-12-7-11-18-13-16-9-5-6-10-17(16)14-20(18)19/h5-7,9-15H,3,8H2,1H3. The van der Waals surface area contributed by atoms with Gasteiger partial charge in [-0.1, -0.05) is 61.7 Å². The SMILES string of the molecule is [C]#CC(CCC)c1cccc2cc3ccccc3cc12. The molecule has 0 saturated carbocycles. The third-order valence-corrected chi connectivity index (χ3v) is 3.91. The van der Waals surface area contributed by atoms with Crippen molar-refractivity contribution in [1.29, 1.82) is 0 Å². The van der Waals surface area contributed by atoms with Gasteiger partial charge in [0.05, 0.1) is 0 Å². The first-order chi connectivity index (χ1) is 9.83. The molecule has 0 fully saturated rings. The average Bonchev–Trinajstić information content (AvgIpc) is 2.50. The van der Waals surface area contributed by atoms with Crippen LogP contribution in [0.2, 0.25) is 0 Å². The molecule has 0 N–H and O–H groups in total. The van der Waals surface area contributed by atoms with E-state index in [4.69, 9.17) is 6.42 Å². The zero-order valence-corrected chi connectivity index (χ0v) is 11.7. The minimum absolute atomic E-state index is 0.102. The van der Waals surface area contributed by atoms with Crippen molar-refractivity contribution in [1.82, 2.24) is 0 Å². The van der Waals surface area contributed by atoms with Gasteiger partial charge in [-0.05, 0) is 52.1 Å². The quantitative estimate of drug-likeness (QED) is 0.431. The molecule has 0 heterocycles. The fourth-order valence-electron chi connectivity index (χ4n) is 2.89. The topological polar surface area (TPSA) is 0 Å². The van der Waals surface area contributed by atoms with E-state index in [0.717, 1.165) is 12.8 Å². The Morgan fingerprint density at radius 3 is 2.35 bits per heavy atom. The molecule has 0 aliphatic rings. The number of benzene rings is 3. The lowest BCUT2D eigenvalue weighted by Crippen LogP contribution is -1.96. The molecular formula is C20H17. The predicted octanol–water partition coefficient (Wildman–Crippen LogP) is 5.47. The summed E-state index contributed by atoms with van der Waals surface area (Å²) >= 11 is 0. The smallest absolute Gasteiger partial charge is 0.0468 e. The second-order valence-corrected chi connectivity index (χ2v) is 5.25. The average molecular weight is 257 g/mol. The Kier molecular flexibility index (Phi) is 3.44. The van der Waals surface area contributed by atoms with Crippen molar-refractivity contribution >= 4 is 21.5 Å². The molecule has 1 radical (unpaired) electrons. The summed E-state index contributed by atoms with van der Waals surface area (Å²) in [5.74, 6) is 2.81. The number of rotatable bonds is 3. The fourth-order valence-corrected chi connectivity index (χ4v) is 2.89. The van der Waals surface area contributed by atoms with E-state index in [1.807, 2.05) is 0 Å². The van der Waals surface area contributed by atoms with Crippen LogP contribution in [0.25, 0.3) is 21.5 Å². The van der Waals surface area contributed by atoms with Crippen LogP contribution in [-0.4, -0.2) is 0 Å². The largest absolute Gasteiger partial charge is 0.0809 e. The van der Waals surface area contributed by atoms with Crippen LogP contribution in [0.3, 0.4) is 0 Å². The maximum Gasteiger partial charge on any atom is 0.0468 e. The van der Waals surface area contributed by atoms with E-state index in [0.29, 0.717) is 0 Å². The van der Waals surface area contributed by atoms with Gasteiger partial charge in [0.2, 0.25) is 0 Å². The maximum atomic E-state index is 7.59. The highest BCUT2D eigenvalue weighted by molar-refractivity contribution is 5.99. The van der Waals surface area contributed by atoms with Crippen LogP contribution in [0.1, 0.15) is 31.2 Å². The predicted molar refractivity (Wildman–Crippen MR) is 86.2 cm³/mol. The molecule has 0 aliphatic heterocycles. The monoisotopic (exact) mass is 257 g/mol. The van der Waals surface area contributed by atoms with E-state index in [1.165, 1.54) is 27.1 Å². The minimum Gasteiger partial charge on any atom is -0.0809 e. The molecule has 3 aromatic rings. The molecular weight excluding hydrogens is 240 g/mol. The van der Waals surface area contributed by atoms with Crippen LogP contribution >= 0.6 is 0 Å². The van der Waals surface area contributed by atoms with Crippen molar-refractivity contribution < 1.29 is 0 Å². The highest BCUT2D eigenvalue weighted by atomic mass is 14.1. The van der Waals surface area contributed by atoms with E-state index in [9.17, 15) is 0 Å². The third-order valence-electron chi connectivity index (χ3n) is 3.91. The molecule has 1 unspecified atom stereocenters.